The first-order chi connectivity index (χ1) is 13.8. The maximum atomic E-state index is 13.7. The van der Waals surface area contributed by atoms with Crippen molar-refractivity contribution in [1.82, 2.24) is 14.6 Å². The van der Waals surface area contributed by atoms with Crippen molar-refractivity contribution in [3.8, 4) is 0 Å². The molecule has 1 amide bonds. The Labute approximate surface area is 169 Å². The number of carbonyl (C=O) groups is 1. The van der Waals surface area contributed by atoms with Gasteiger partial charge in [-0.15, -0.1) is 0 Å². The lowest BCUT2D eigenvalue weighted by Gasteiger charge is -2.31. The van der Waals surface area contributed by atoms with Crippen LogP contribution in [0.25, 0.3) is 5.65 Å². The summed E-state index contributed by atoms with van der Waals surface area (Å²) in [6.07, 6.45) is 1.25. The minimum absolute atomic E-state index is 0.0177. The summed E-state index contributed by atoms with van der Waals surface area (Å²) < 4.78 is 42.3. The van der Waals surface area contributed by atoms with Crippen LogP contribution in [0.3, 0.4) is 0 Å². The van der Waals surface area contributed by atoms with Crippen molar-refractivity contribution < 1.29 is 18.0 Å². The van der Waals surface area contributed by atoms with E-state index in [0.717, 1.165) is 25.3 Å². The molecule has 0 spiro atoms. The number of hydrogen-bond acceptors (Lipinski definition) is 4. The van der Waals surface area contributed by atoms with Crippen LogP contribution in [-0.2, 0) is 6.18 Å². The summed E-state index contributed by atoms with van der Waals surface area (Å²) in [5.74, 6) is -0.709. The summed E-state index contributed by atoms with van der Waals surface area (Å²) in [6.45, 7) is 1.16. The lowest BCUT2D eigenvalue weighted by atomic mass is 10.1. The van der Waals surface area contributed by atoms with Gasteiger partial charge in [0.2, 0.25) is 0 Å². The summed E-state index contributed by atoms with van der Waals surface area (Å²) in [5, 5.41) is 6.54. The first-order valence-corrected chi connectivity index (χ1v) is 9.49. The summed E-state index contributed by atoms with van der Waals surface area (Å²) in [4.78, 5) is 18.3. The lowest BCUT2D eigenvalue weighted by molar-refractivity contribution is -0.137. The molecule has 0 saturated carbocycles. The number of amides is 1. The second-order valence-corrected chi connectivity index (χ2v) is 7.16. The van der Waals surface area contributed by atoms with Gasteiger partial charge in [0.1, 0.15) is 5.02 Å². The van der Waals surface area contributed by atoms with Crippen molar-refractivity contribution in [3.63, 3.8) is 0 Å². The van der Waals surface area contributed by atoms with E-state index in [1.165, 1.54) is 22.8 Å². The van der Waals surface area contributed by atoms with Gasteiger partial charge in [0.05, 0.1) is 5.56 Å². The monoisotopic (exact) mass is 423 g/mol. The van der Waals surface area contributed by atoms with Gasteiger partial charge in [-0.25, -0.2) is 9.50 Å². The number of carbonyl (C=O) groups excluding carboxylic acids is 1. The fraction of sp³-hybridized carbons (Fsp3) is 0.316. The Kier molecular flexibility index (Phi) is 5.08. The van der Waals surface area contributed by atoms with Crippen LogP contribution in [0.2, 0.25) is 5.02 Å². The molecule has 4 rings (SSSR count). The number of fused-ring (bicyclic) bond motifs is 1. The van der Waals surface area contributed by atoms with Crippen molar-refractivity contribution in [2.45, 2.75) is 25.4 Å². The molecule has 1 N–H and O–H groups in total. The van der Waals surface area contributed by atoms with Crippen LogP contribution < -0.4 is 10.2 Å². The molecule has 152 valence electrons. The molecular weight excluding hydrogens is 407 g/mol. The predicted molar refractivity (Wildman–Crippen MR) is 103 cm³/mol. The van der Waals surface area contributed by atoms with Gasteiger partial charge in [0.25, 0.3) is 5.91 Å². The third-order valence-corrected chi connectivity index (χ3v) is 5.16. The molecule has 2 aromatic heterocycles. The van der Waals surface area contributed by atoms with E-state index in [0.29, 0.717) is 13.1 Å². The van der Waals surface area contributed by atoms with E-state index in [2.05, 4.69) is 15.4 Å². The third-order valence-electron chi connectivity index (χ3n) is 4.81. The quantitative estimate of drug-likeness (QED) is 0.666. The van der Waals surface area contributed by atoms with Gasteiger partial charge in [-0.05, 0) is 43.5 Å². The van der Waals surface area contributed by atoms with Crippen molar-refractivity contribution in [2.24, 2.45) is 0 Å². The van der Waals surface area contributed by atoms with Crippen LogP contribution in [0.1, 0.15) is 35.3 Å². The van der Waals surface area contributed by atoms with Crippen molar-refractivity contribution in [2.75, 3.05) is 23.3 Å². The minimum atomic E-state index is -4.54. The zero-order valence-corrected chi connectivity index (χ0v) is 16.0. The summed E-state index contributed by atoms with van der Waals surface area (Å²) in [5.41, 5.74) is -0.455. The molecule has 0 radical (unpaired) electrons. The molecule has 3 heterocycles. The Hall–Kier alpha value is -2.81. The number of benzene rings is 1. The zero-order chi connectivity index (χ0) is 20.6. The molecular formula is C19H17ClF3N5O. The summed E-state index contributed by atoms with van der Waals surface area (Å²) in [6, 6.07) is 5.42. The summed E-state index contributed by atoms with van der Waals surface area (Å²) in [7, 11) is 0. The number of aromatic nitrogens is 3. The number of halogens is 4. The molecule has 6 nitrogen and oxygen atoms in total. The van der Waals surface area contributed by atoms with Crippen molar-refractivity contribution in [1.29, 1.82) is 0 Å². The van der Waals surface area contributed by atoms with Crippen molar-refractivity contribution in [3.05, 3.63) is 52.9 Å². The van der Waals surface area contributed by atoms with Gasteiger partial charge < -0.3 is 10.2 Å². The standard InChI is InChI=1S/C19H17ClF3N5O/c20-15-16(26-28-10-4-7-24-17(15)28)18(29)25-12-5-6-14(13(11-12)19(21,22)23)27-8-2-1-3-9-27/h4-7,10-11H,1-3,8-9H2,(H,25,29). The number of hydrogen-bond donors (Lipinski definition) is 1. The highest BCUT2D eigenvalue weighted by Crippen LogP contribution is 2.39. The molecule has 1 aliphatic heterocycles. The fourth-order valence-electron chi connectivity index (χ4n) is 3.45. The molecule has 1 aromatic carbocycles. The number of rotatable bonds is 3. The minimum Gasteiger partial charge on any atom is -0.371 e. The Bertz CT molecular complexity index is 1060. The molecule has 29 heavy (non-hydrogen) atoms. The molecule has 1 saturated heterocycles. The summed E-state index contributed by atoms with van der Waals surface area (Å²) >= 11 is 6.16. The van der Waals surface area contributed by atoms with Gasteiger partial charge in [-0.2, -0.15) is 18.3 Å². The average molecular weight is 424 g/mol. The highest BCUT2D eigenvalue weighted by molar-refractivity contribution is 6.37. The van der Waals surface area contributed by atoms with E-state index >= 15 is 0 Å². The molecule has 10 heteroatoms. The predicted octanol–water partition coefficient (Wildman–Crippen LogP) is 4.64. The van der Waals surface area contributed by atoms with Gasteiger partial charge in [-0.1, -0.05) is 11.6 Å². The Morgan fingerprint density at radius 1 is 1.17 bits per heavy atom. The van der Waals surface area contributed by atoms with Crippen LogP contribution in [0.15, 0.2) is 36.7 Å². The Morgan fingerprint density at radius 2 is 1.93 bits per heavy atom. The molecule has 0 bridgehead atoms. The normalized spacial score (nSPS) is 15.0. The van der Waals surface area contributed by atoms with Crippen LogP contribution in [-0.4, -0.2) is 33.6 Å². The zero-order valence-electron chi connectivity index (χ0n) is 15.2. The fourth-order valence-corrected chi connectivity index (χ4v) is 3.70. The lowest BCUT2D eigenvalue weighted by Crippen LogP contribution is -2.31. The second kappa shape index (κ2) is 7.55. The van der Waals surface area contributed by atoms with E-state index < -0.39 is 17.6 Å². The molecule has 0 atom stereocenters. The second-order valence-electron chi connectivity index (χ2n) is 6.78. The number of alkyl halides is 3. The molecule has 0 unspecified atom stereocenters. The largest absolute Gasteiger partial charge is 0.418 e. The van der Waals surface area contributed by atoms with Gasteiger partial charge >= 0.3 is 6.18 Å². The van der Waals surface area contributed by atoms with Crippen LogP contribution >= 0.6 is 11.6 Å². The topological polar surface area (TPSA) is 62.5 Å². The number of piperidine rings is 1. The van der Waals surface area contributed by atoms with Crippen LogP contribution in [0, 0.1) is 0 Å². The molecule has 3 aromatic rings. The van der Waals surface area contributed by atoms with E-state index in [1.54, 1.807) is 17.2 Å². The molecule has 0 aliphatic carbocycles. The molecule has 1 aliphatic rings. The number of nitrogens with one attached hydrogen (secondary N) is 1. The Morgan fingerprint density at radius 3 is 2.62 bits per heavy atom. The van der Waals surface area contributed by atoms with Crippen LogP contribution in [0.4, 0.5) is 24.5 Å². The average Bonchev–Trinajstić information content (AvgIpc) is 3.05. The van der Waals surface area contributed by atoms with Crippen molar-refractivity contribution >= 4 is 34.5 Å². The molecule has 1 fully saturated rings. The first-order valence-electron chi connectivity index (χ1n) is 9.11. The highest BCUT2D eigenvalue weighted by atomic mass is 35.5. The number of anilines is 2. The van der Waals surface area contributed by atoms with Gasteiger partial charge in [0, 0.05) is 36.9 Å². The maximum Gasteiger partial charge on any atom is 0.418 e. The van der Waals surface area contributed by atoms with E-state index in [4.69, 9.17) is 11.6 Å². The maximum absolute atomic E-state index is 13.7. The van der Waals surface area contributed by atoms with E-state index in [-0.39, 0.29) is 27.7 Å². The third kappa shape index (κ3) is 3.87. The highest BCUT2D eigenvalue weighted by Gasteiger charge is 2.35. The van der Waals surface area contributed by atoms with E-state index in [9.17, 15) is 18.0 Å². The Balaban J connectivity index is 1.64. The number of nitrogens with zero attached hydrogens (tertiary/aromatic N) is 4. The van der Waals surface area contributed by atoms with E-state index in [1.807, 2.05) is 0 Å². The smallest absolute Gasteiger partial charge is 0.371 e. The van der Waals surface area contributed by atoms with Gasteiger partial charge in [-0.3, -0.25) is 4.79 Å². The SMILES string of the molecule is O=C(Nc1ccc(N2CCCCC2)c(C(F)(F)F)c1)c1nn2cccnc2c1Cl. The van der Waals surface area contributed by atoms with Crippen LogP contribution in [0.5, 0.6) is 0 Å². The van der Waals surface area contributed by atoms with Gasteiger partial charge in [0.15, 0.2) is 11.3 Å². The first kappa shape index (κ1) is 19.5.